The molecule has 584 valence electrons. The maximum absolute atomic E-state index is 13.5. The molecule has 2 amide bonds. The molecule has 3 aliphatic carbocycles. The Bertz CT molecular complexity index is 4890. The van der Waals surface area contributed by atoms with Gasteiger partial charge in [0.1, 0.15) is 46.7 Å². The van der Waals surface area contributed by atoms with Crippen molar-refractivity contribution < 1.29 is 61.5 Å². The van der Waals surface area contributed by atoms with Crippen molar-refractivity contribution in [1.82, 2.24) is 45.5 Å². The molecule has 6 aromatic carbocycles. The number of hydrogen-bond acceptors (Lipinski definition) is 23. The van der Waals surface area contributed by atoms with Crippen molar-refractivity contribution in [2.75, 3.05) is 39.5 Å². The van der Waals surface area contributed by atoms with Gasteiger partial charge in [0.2, 0.25) is 17.5 Å². The topological polar surface area (TPSA) is 337 Å². The number of aliphatic hydroxyl groups is 2. The van der Waals surface area contributed by atoms with Gasteiger partial charge in [-0.05, 0) is 228 Å². The molecule has 3 heterocycles. The number of nitrogens with zero attached hydrogens (tertiary/aromatic N) is 11. The van der Waals surface area contributed by atoms with Crippen LogP contribution in [0.2, 0.25) is 18.1 Å². The molecule has 0 aliphatic heterocycles. The first-order valence-corrected chi connectivity index (χ1v) is 40.7. The number of hydrogen-bond donors (Lipinski definition) is 3. The molecule has 0 fully saturated rings. The maximum Gasteiger partial charge on any atom is 0.410 e. The predicted molar refractivity (Wildman–Crippen MR) is 421 cm³/mol. The highest BCUT2D eigenvalue weighted by atomic mass is 28.4. The van der Waals surface area contributed by atoms with Crippen molar-refractivity contribution in [3.63, 3.8) is 0 Å². The third-order valence-electron chi connectivity index (χ3n) is 19.3. The third kappa shape index (κ3) is 20.2. The number of rotatable bonds is 23. The number of aromatic nitrogens is 6. The van der Waals surface area contributed by atoms with Crippen LogP contribution < -0.4 is 19.5 Å². The molecule has 0 saturated carbocycles. The molecule has 9 aromatic rings. The monoisotopic (exact) mass is 1530 g/mol. The summed E-state index contributed by atoms with van der Waals surface area (Å²) in [7, 11) is -1.99. The predicted octanol–water partition coefficient (Wildman–Crippen LogP) is 17.2. The van der Waals surface area contributed by atoms with Crippen LogP contribution in [0, 0.1) is 34.0 Å². The first-order valence-electron chi connectivity index (χ1n) is 37.8. The van der Waals surface area contributed by atoms with E-state index >= 15 is 0 Å². The Kier molecular flexibility index (Phi) is 26.4. The Morgan fingerprint density at radius 3 is 1.23 bits per heavy atom. The fourth-order valence-corrected chi connectivity index (χ4v) is 14.5. The average Bonchev–Trinajstić information content (AvgIpc) is 1.64. The Morgan fingerprint density at radius 2 is 0.883 bits per heavy atom. The van der Waals surface area contributed by atoms with Crippen LogP contribution in [-0.4, -0.2) is 140 Å². The van der Waals surface area contributed by atoms with Crippen molar-refractivity contribution in [3.8, 4) is 104 Å². The Hall–Kier alpha value is -10.8. The molecule has 0 saturated heterocycles. The number of amides is 2. The summed E-state index contributed by atoms with van der Waals surface area (Å²) in [6.07, 6.45) is 3.87. The molecule has 26 heteroatoms. The lowest BCUT2D eigenvalue weighted by Crippen LogP contribution is -2.45. The largest absolute Gasteiger partial charge is 0.490 e. The molecule has 3 atom stereocenters. The van der Waals surface area contributed by atoms with E-state index < -0.39 is 25.6 Å². The van der Waals surface area contributed by atoms with Crippen LogP contribution in [0.1, 0.15) is 191 Å². The number of nitriles is 3. The molecule has 3 N–H and O–H groups in total. The van der Waals surface area contributed by atoms with Crippen LogP contribution >= 0.6 is 0 Å². The van der Waals surface area contributed by atoms with Crippen molar-refractivity contribution in [1.29, 1.82) is 15.8 Å². The zero-order chi connectivity index (χ0) is 80.3. The highest BCUT2D eigenvalue weighted by Gasteiger charge is 2.41. The zero-order valence-electron chi connectivity index (χ0n) is 66.6. The quantitative estimate of drug-likeness (QED) is 0.0501. The number of fused-ring (bicyclic) bond motifs is 3. The van der Waals surface area contributed by atoms with Gasteiger partial charge in [-0.3, -0.25) is 9.80 Å². The van der Waals surface area contributed by atoms with E-state index in [2.05, 4.69) is 95.0 Å². The minimum atomic E-state index is -1.99. The normalized spacial score (nSPS) is 15.1. The molecular weight excluding hydrogens is 1430 g/mol. The lowest BCUT2D eigenvalue weighted by atomic mass is 10.0. The Morgan fingerprint density at radius 1 is 0.523 bits per heavy atom. The van der Waals surface area contributed by atoms with Crippen molar-refractivity contribution in [2.24, 2.45) is 0 Å². The maximum atomic E-state index is 13.5. The van der Waals surface area contributed by atoms with E-state index in [-0.39, 0.29) is 67.3 Å². The molecule has 0 spiro atoms. The van der Waals surface area contributed by atoms with Crippen LogP contribution in [0.25, 0.3) is 68.5 Å². The highest BCUT2D eigenvalue weighted by Crippen LogP contribution is 2.45. The number of ether oxygens (including phenoxy) is 5. The van der Waals surface area contributed by atoms with Crippen molar-refractivity contribution in [2.45, 2.75) is 208 Å². The minimum Gasteiger partial charge on any atom is -0.490 e. The summed E-state index contributed by atoms with van der Waals surface area (Å²) in [6, 6.07) is 40.0. The molecule has 3 aliphatic rings. The lowest BCUT2D eigenvalue weighted by Gasteiger charge is -2.38. The SMILES string of the molecule is CC(C)Oc1ccc(-c2nc(-c3cccc4c3CC[C@H]4N(CCO)C(=O)OC(C)(C)C)no2)cc1C#N.CC(C)Oc1ccc(-c2nc(-c3cccc4c3CC[C@H]4N(CCO[Si](C)(C)C(C)(C)C)C(=O)OC(C)(C)C)no2)cc1C#N.CC(C)Oc1ccc(-c2nc(-c3cccc4c3CC[C@H]4NCCO)no2)cc1C#N. The van der Waals surface area contributed by atoms with Gasteiger partial charge >= 0.3 is 12.2 Å². The summed E-state index contributed by atoms with van der Waals surface area (Å²) in [5.41, 5.74) is 11.1. The van der Waals surface area contributed by atoms with Crippen LogP contribution in [-0.2, 0) is 33.2 Å². The summed E-state index contributed by atoms with van der Waals surface area (Å²) in [5, 5.41) is 63.5. The second-order valence-corrected chi connectivity index (χ2v) is 36.7. The summed E-state index contributed by atoms with van der Waals surface area (Å²) >= 11 is 0. The fourth-order valence-electron chi connectivity index (χ4n) is 13.4. The fraction of sp³-hybridized carbons (Fsp3) is 0.447. The number of nitrogens with one attached hydrogen (secondary N) is 1. The van der Waals surface area contributed by atoms with E-state index in [9.17, 15) is 30.5 Å². The van der Waals surface area contributed by atoms with Crippen LogP contribution in [0.3, 0.4) is 0 Å². The second-order valence-electron chi connectivity index (χ2n) is 31.9. The molecular formula is C85H102N12O13Si. The first kappa shape index (κ1) is 82.7. The van der Waals surface area contributed by atoms with Gasteiger partial charge in [0.25, 0.3) is 17.7 Å². The number of benzene rings is 6. The average molecular weight is 1530 g/mol. The molecule has 3 aromatic heterocycles. The summed E-state index contributed by atoms with van der Waals surface area (Å²) in [5.74, 6) is 3.96. The minimum absolute atomic E-state index is 0.0196. The van der Waals surface area contributed by atoms with Gasteiger partial charge in [0.15, 0.2) is 8.32 Å². The number of aliphatic hydroxyl groups excluding tert-OH is 2. The Labute approximate surface area is 650 Å². The molecule has 111 heavy (non-hydrogen) atoms. The van der Waals surface area contributed by atoms with E-state index in [0.29, 0.717) is 118 Å². The van der Waals surface area contributed by atoms with E-state index in [0.717, 1.165) is 64.6 Å². The standard InChI is InChI=1S/C34H46N4O5Si.C28H32N4O5.C23H24N4O3/c1-22(2)41-29-17-14-23(20-24(29)21-35)31-36-30(37-43-31)27-13-11-12-26-25(27)15-16-28(26)38(32(39)42-33(3,4)5)18-19-40-44(9,10)34(6,7)8;1-17(2)35-24-12-9-18(15-19(24)16-29)26-30-25(31-37-26)22-8-6-7-21-20(22)10-11-23(21)32(13-14-33)27(34)36-28(3,4)5;1-14(2)29-21-9-6-15(12-16(21)13-24)23-26-22(27-30-23)19-5-3-4-18-17(19)7-8-20(18)25-10-11-28/h11-14,17,20,22,28H,15-16,18-19H2,1-10H3;6-9,12,15,17,23,33H,10-11,13-14H2,1-5H3;3-6,9,12,14,20,25,28H,7-8,10-11H2,1-2H3/t28-;23-;20-/m111/s1. The van der Waals surface area contributed by atoms with Gasteiger partial charge in [-0.1, -0.05) is 90.8 Å². The summed E-state index contributed by atoms with van der Waals surface area (Å²) in [4.78, 5) is 43.8. The summed E-state index contributed by atoms with van der Waals surface area (Å²) in [6.45, 7) is 35.2. The molecule has 12 rings (SSSR count). The van der Waals surface area contributed by atoms with E-state index in [1.165, 1.54) is 11.1 Å². The van der Waals surface area contributed by atoms with Crippen LogP contribution in [0.5, 0.6) is 17.2 Å². The number of carbonyl (C=O) groups excluding carboxylic acids is 2. The van der Waals surface area contributed by atoms with Gasteiger partial charge in [0.05, 0.1) is 66.9 Å². The van der Waals surface area contributed by atoms with Crippen LogP contribution in [0.4, 0.5) is 9.59 Å². The van der Waals surface area contributed by atoms with Crippen molar-refractivity contribution >= 4 is 20.5 Å². The Balaban J connectivity index is 0.000000180. The third-order valence-corrected chi connectivity index (χ3v) is 23.9. The first-order chi connectivity index (χ1) is 52.7. The van der Waals surface area contributed by atoms with Gasteiger partial charge in [-0.25, -0.2) is 9.59 Å². The van der Waals surface area contributed by atoms with Gasteiger partial charge in [0, 0.05) is 59.1 Å². The number of carbonyl (C=O) groups is 2. The summed E-state index contributed by atoms with van der Waals surface area (Å²) < 4.78 is 51.8. The van der Waals surface area contributed by atoms with E-state index in [1.807, 2.05) is 143 Å². The zero-order valence-corrected chi connectivity index (χ0v) is 67.6. The second kappa shape index (κ2) is 35.5. The molecule has 0 radical (unpaired) electrons. The molecule has 0 bridgehead atoms. The van der Waals surface area contributed by atoms with Crippen LogP contribution in [0.15, 0.2) is 123 Å². The van der Waals surface area contributed by atoms with Gasteiger partial charge < -0.3 is 57.2 Å². The van der Waals surface area contributed by atoms with Crippen molar-refractivity contribution in [3.05, 3.63) is 159 Å². The lowest BCUT2D eigenvalue weighted by molar-refractivity contribution is 0.0114. The smallest absolute Gasteiger partial charge is 0.410 e. The van der Waals surface area contributed by atoms with Gasteiger partial charge in [-0.2, -0.15) is 30.7 Å². The van der Waals surface area contributed by atoms with E-state index in [1.54, 1.807) is 47.4 Å². The van der Waals surface area contributed by atoms with E-state index in [4.69, 9.17) is 51.8 Å². The molecule has 25 nitrogen and oxygen atoms in total. The van der Waals surface area contributed by atoms with Gasteiger partial charge in [-0.15, -0.1) is 0 Å². The highest BCUT2D eigenvalue weighted by molar-refractivity contribution is 6.74. The molecule has 0 unspecified atom stereocenters.